The fourth-order valence-electron chi connectivity index (χ4n) is 3.99. The molecule has 1 unspecified atom stereocenters. The number of H-pyrrole nitrogens is 1. The van der Waals surface area contributed by atoms with Gasteiger partial charge >= 0.3 is 0 Å². The van der Waals surface area contributed by atoms with Crippen molar-refractivity contribution in [1.82, 2.24) is 10.3 Å². The van der Waals surface area contributed by atoms with Crippen molar-refractivity contribution in [2.45, 2.75) is 31.7 Å². The molecule has 29 heavy (non-hydrogen) atoms. The maximum atomic E-state index is 14.0. The molecule has 0 bridgehead atoms. The van der Waals surface area contributed by atoms with Crippen LogP contribution in [0, 0.1) is 11.6 Å². The molecule has 5 nitrogen and oxygen atoms in total. The smallest absolute Gasteiger partial charge is 0.249 e. The molecule has 0 fully saturated rings. The predicted octanol–water partition coefficient (Wildman–Crippen LogP) is 3.63. The van der Waals surface area contributed by atoms with Crippen LogP contribution in [0.25, 0.3) is 10.9 Å². The Balaban J connectivity index is 1.40. The van der Waals surface area contributed by atoms with Crippen LogP contribution in [0.15, 0.2) is 36.5 Å². The van der Waals surface area contributed by atoms with Gasteiger partial charge in [0.1, 0.15) is 12.4 Å². The second-order valence-electron chi connectivity index (χ2n) is 7.56. The van der Waals surface area contributed by atoms with E-state index in [0.717, 1.165) is 22.9 Å². The quantitative estimate of drug-likeness (QED) is 0.592. The van der Waals surface area contributed by atoms with Crippen molar-refractivity contribution in [3.8, 4) is 5.75 Å². The summed E-state index contributed by atoms with van der Waals surface area (Å²) < 4.78 is 33.1. The number of benzene rings is 2. The van der Waals surface area contributed by atoms with Gasteiger partial charge in [-0.15, -0.1) is 0 Å². The van der Waals surface area contributed by atoms with Crippen molar-refractivity contribution in [2.24, 2.45) is 5.73 Å². The standard InChI is InChI=1S/C22H23F2N3O2/c1-12(18-10-27-20-5-2-13(23)8-16(18)20)6-7-26-14-9-17-15(22(25)28)3-4-19(24)21(17)29-11-14/h2-5,8,10,12,14,26-27H,6-7,9,11H2,1H3,(H2,25,28)/t12-,14?/m1/s1. The van der Waals surface area contributed by atoms with Gasteiger partial charge in [-0.1, -0.05) is 6.92 Å². The topological polar surface area (TPSA) is 80.1 Å². The number of hydrogen-bond donors (Lipinski definition) is 3. The molecule has 0 spiro atoms. The second-order valence-corrected chi connectivity index (χ2v) is 7.56. The molecule has 0 radical (unpaired) electrons. The zero-order chi connectivity index (χ0) is 20.5. The van der Waals surface area contributed by atoms with E-state index < -0.39 is 11.7 Å². The van der Waals surface area contributed by atoms with E-state index in [4.69, 9.17) is 10.5 Å². The summed E-state index contributed by atoms with van der Waals surface area (Å²) >= 11 is 0. The van der Waals surface area contributed by atoms with Crippen LogP contribution >= 0.6 is 0 Å². The molecule has 2 heterocycles. The molecular weight excluding hydrogens is 376 g/mol. The monoisotopic (exact) mass is 399 g/mol. The molecule has 0 aliphatic carbocycles. The third-order valence-electron chi connectivity index (χ3n) is 5.57. The highest BCUT2D eigenvalue weighted by atomic mass is 19.1. The number of nitrogens with one attached hydrogen (secondary N) is 2. The van der Waals surface area contributed by atoms with Gasteiger partial charge in [-0.2, -0.15) is 0 Å². The summed E-state index contributed by atoms with van der Waals surface area (Å²) in [5.41, 5.74) is 8.22. The van der Waals surface area contributed by atoms with Gasteiger partial charge < -0.3 is 20.8 Å². The van der Waals surface area contributed by atoms with E-state index in [1.165, 1.54) is 18.2 Å². The third kappa shape index (κ3) is 3.82. The van der Waals surface area contributed by atoms with E-state index in [-0.39, 0.29) is 23.5 Å². The van der Waals surface area contributed by atoms with Crippen LogP contribution in [0.5, 0.6) is 5.75 Å². The first-order valence-electron chi connectivity index (χ1n) is 9.68. The van der Waals surface area contributed by atoms with Gasteiger partial charge in [-0.05, 0) is 61.2 Å². The minimum Gasteiger partial charge on any atom is -0.489 e. The maximum absolute atomic E-state index is 14.0. The molecule has 4 N–H and O–H groups in total. The number of amides is 1. The first-order chi connectivity index (χ1) is 13.9. The lowest BCUT2D eigenvalue weighted by molar-refractivity contribution is 0.0997. The SMILES string of the molecule is C[C@H](CCNC1COc2c(F)ccc(C(N)=O)c2C1)c1c[nH]c2ccc(F)cc12. The number of fused-ring (bicyclic) bond motifs is 2. The van der Waals surface area contributed by atoms with Crippen LogP contribution in [0.2, 0.25) is 0 Å². The van der Waals surface area contributed by atoms with Crippen molar-refractivity contribution in [3.05, 3.63) is 64.9 Å². The number of rotatable bonds is 6. The van der Waals surface area contributed by atoms with Crippen molar-refractivity contribution in [2.75, 3.05) is 13.2 Å². The van der Waals surface area contributed by atoms with Gasteiger partial charge in [0.05, 0.1) is 0 Å². The average Bonchev–Trinajstić information content (AvgIpc) is 3.11. The van der Waals surface area contributed by atoms with Gasteiger partial charge in [-0.3, -0.25) is 4.79 Å². The first-order valence-corrected chi connectivity index (χ1v) is 9.68. The Labute approximate surface area is 167 Å². The van der Waals surface area contributed by atoms with E-state index in [0.29, 0.717) is 30.7 Å². The number of halogens is 2. The fraction of sp³-hybridized carbons (Fsp3) is 0.318. The Morgan fingerprint density at radius 1 is 1.34 bits per heavy atom. The van der Waals surface area contributed by atoms with Crippen molar-refractivity contribution < 1.29 is 18.3 Å². The first kappa shape index (κ1) is 19.4. The van der Waals surface area contributed by atoms with Gasteiger partial charge in [0.2, 0.25) is 5.91 Å². The molecule has 152 valence electrons. The Kier molecular flexibility index (Phi) is 5.24. The Bertz CT molecular complexity index is 1060. The van der Waals surface area contributed by atoms with Crippen LogP contribution < -0.4 is 15.8 Å². The van der Waals surface area contributed by atoms with E-state index in [9.17, 15) is 13.6 Å². The number of aromatic amines is 1. The van der Waals surface area contributed by atoms with Crippen LogP contribution in [0.3, 0.4) is 0 Å². The number of aromatic nitrogens is 1. The molecule has 7 heteroatoms. The maximum Gasteiger partial charge on any atom is 0.249 e. The van der Waals surface area contributed by atoms with Gasteiger partial charge in [0.25, 0.3) is 0 Å². The average molecular weight is 399 g/mol. The summed E-state index contributed by atoms with van der Waals surface area (Å²) in [6.07, 6.45) is 3.23. The molecular formula is C22H23F2N3O2. The largest absolute Gasteiger partial charge is 0.489 e. The van der Waals surface area contributed by atoms with Crippen molar-refractivity contribution in [3.63, 3.8) is 0 Å². The van der Waals surface area contributed by atoms with E-state index >= 15 is 0 Å². The highest BCUT2D eigenvalue weighted by Crippen LogP contribution is 2.31. The molecule has 1 amide bonds. The lowest BCUT2D eigenvalue weighted by Gasteiger charge is -2.28. The number of carbonyl (C=O) groups excluding carboxylic acids is 1. The van der Waals surface area contributed by atoms with Crippen LogP contribution in [0.1, 0.15) is 40.7 Å². The summed E-state index contributed by atoms with van der Waals surface area (Å²) in [6.45, 7) is 3.12. The van der Waals surface area contributed by atoms with E-state index in [1.807, 2.05) is 6.20 Å². The van der Waals surface area contributed by atoms with Crippen LogP contribution in [-0.2, 0) is 6.42 Å². The number of ether oxygens (including phenoxy) is 1. The molecule has 1 aromatic heterocycles. The molecule has 3 aromatic rings. The summed E-state index contributed by atoms with van der Waals surface area (Å²) in [7, 11) is 0. The normalized spacial score (nSPS) is 17.0. The van der Waals surface area contributed by atoms with E-state index in [1.54, 1.807) is 12.1 Å². The van der Waals surface area contributed by atoms with Crippen molar-refractivity contribution >= 4 is 16.8 Å². The minimum atomic E-state index is -0.592. The fourth-order valence-corrected chi connectivity index (χ4v) is 3.99. The highest BCUT2D eigenvalue weighted by molar-refractivity contribution is 5.95. The summed E-state index contributed by atoms with van der Waals surface area (Å²) in [5, 5.41) is 4.31. The number of primary amides is 1. The molecule has 1 aliphatic heterocycles. The van der Waals surface area contributed by atoms with Crippen LogP contribution in [-0.4, -0.2) is 30.1 Å². The number of nitrogens with two attached hydrogens (primary N) is 1. The Morgan fingerprint density at radius 3 is 2.97 bits per heavy atom. The predicted molar refractivity (Wildman–Crippen MR) is 107 cm³/mol. The van der Waals surface area contributed by atoms with Gasteiger partial charge in [0, 0.05) is 34.3 Å². The van der Waals surface area contributed by atoms with Gasteiger partial charge in [0.15, 0.2) is 11.6 Å². The summed E-state index contributed by atoms with van der Waals surface area (Å²) in [5.74, 6) is -0.990. The lowest BCUT2D eigenvalue weighted by atomic mass is 9.95. The molecule has 0 saturated carbocycles. The zero-order valence-corrected chi connectivity index (χ0v) is 16.1. The minimum absolute atomic E-state index is 0.0463. The Morgan fingerprint density at radius 2 is 2.17 bits per heavy atom. The zero-order valence-electron chi connectivity index (χ0n) is 16.1. The molecule has 2 aromatic carbocycles. The second kappa shape index (κ2) is 7.83. The third-order valence-corrected chi connectivity index (χ3v) is 5.57. The summed E-state index contributed by atoms with van der Waals surface area (Å²) in [4.78, 5) is 14.8. The van der Waals surface area contributed by atoms with Crippen LogP contribution in [0.4, 0.5) is 8.78 Å². The number of carbonyl (C=O) groups is 1. The molecule has 4 rings (SSSR count). The number of hydrogen-bond acceptors (Lipinski definition) is 3. The van der Waals surface area contributed by atoms with E-state index in [2.05, 4.69) is 17.2 Å². The molecule has 1 aliphatic rings. The molecule has 2 atom stereocenters. The van der Waals surface area contributed by atoms with Crippen molar-refractivity contribution in [1.29, 1.82) is 0 Å². The Hall–Kier alpha value is -2.93. The lowest BCUT2D eigenvalue weighted by Crippen LogP contribution is -2.41. The highest BCUT2D eigenvalue weighted by Gasteiger charge is 2.26. The molecule has 0 saturated heterocycles. The van der Waals surface area contributed by atoms with Gasteiger partial charge in [-0.25, -0.2) is 8.78 Å². The summed E-state index contributed by atoms with van der Waals surface area (Å²) in [6, 6.07) is 7.30.